The van der Waals surface area contributed by atoms with Crippen LogP contribution in [0.1, 0.15) is 194 Å². The van der Waals surface area contributed by atoms with Crippen LogP contribution in [0.15, 0.2) is 48.6 Å². The molecule has 52 heavy (non-hydrogen) atoms. The van der Waals surface area contributed by atoms with Gasteiger partial charge in [-0.3, -0.25) is 9.59 Å². The van der Waals surface area contributed by atoms with Crippen LogP contribution < -0.4 is 16.4 Å². The summed E-state index contributed by atoms with van der Waals surface area (Å²) in [5.74, 6) is 0.0553. The first-order chi connectivity index (χ1) is 25.7. The van der Waals surface area contributed by atoms with E-state index in [2.05, 4.69) is 73.1 Å². The maximum absolute atomic E-state index is 13.2. The summed E-state index contributed by atoms with van der Waals surface area (Å²) in [5.41, 5.74) is 5.53. The largest absolute Gasteiger partial charge is 0.347 e. The van der Waals surface area contributed by atoms with E-state index < -0.39 is 0 Å². The molecule has 0 aromatic rings. The molecule has 0 fully saturated rings. The molecule has 0 saturated heterocycles. The minimum atomic E-state index is -0.0160. The Morgan fingerprint density at radius 2 is 0.923 bits per heavy atom. The van der Waals surface area contributed by atoms with Crippen molar-refractivity contribution in [2.75, 3.05) is 39.3 Å². The van der Waals surface area contributed by atoms with Crippen LogP contribution in [-0.2, 0) is 9.59 Å². The Hall–Kier alpha value is -2.18. The van der Waals surface area contributed by atoms with Crippen LogP contribution in [-0.4, -0.2) is 56.0 Å². The monoisotopic (exact) mass is 727 g/mol. The lowest BCUT2D eigenvalue weighted by molar-refractivity contribution is -0.133. The molecule has 302 valence electrons. The van der Waals surface area contributed by atoms with Gasteiger partial charge < -0.3 is 21.3 Å². The normalized spacial score (nSPS) is 12.0. The van der Waals surface area contributed by atoms with Gasteiger partial charge in [0.2, 0.25) is 11.8 Å². The van der Waals surface area contributed by atoms with E-state index in [9.17, 15) is 9.59 Å². The average molecular weight is 727 g/mol. The maximum atomic E-state index is 13.2. The summed E-state index contributed by atoms with van der Waals surface area (Å²) in [6, 6.07) is 0. The van der Waals surface area contributed by atoms with Crippen molar-refractivity contribution in [3.8, 4) is 0 Å². The third-order valence-electron chi connectivity index (χ3n) is 9.61. The first kappa shape index (κ1) is 49.8. The van der Waals surface area contributed by atoms with Crippen LogP contribution >= 0.6 is 0 Å². The lowest BCUT2D eigenvalue weighted by Gasteiger charge is -2.23. The lowest BCUT2D eigenvalue weighted by Crippen LogP contribution is -2.41. The highest BCUT2D eigenvalue weighted by molar-refractivity contribution is 5.84. The summed E-state index contributed by atoms with van der Waals surface area (Å²) in [6.07, 6.45) is 51.1. The smallest absolute Gasteiger partial charge is 0.241 e. The highest BCUT2D eigenvalue weighted by Gasteiger charge is 2.14. The van der Waals surface area contributed by atoms with Crippen molar-refractivity contribution in [3.05, 3.63) is 48.6 Å². The summed E-state index contributed by atoms with van der Waals surface area (Å²) in [7, 11) is 0. The number of nitrogens with zero attached hydrogens (tertiary/aromatic N) is 1. The van der Waals surface area contributed by atoms with Crippen molar-refractivity contribution < 1.29 is 9.59 Å². The molecule has 0 heterocycles. The van der Waals surface area contributed by atoms with Gasteiger partial charge in [0.05, 0.1) is 6.54 Å². The summed E-state index contributed by atoms with van der Waals surface area (Å²) in [5, 5.41) is 6.26. The number of allylic oxidation sites excluding steroid dienone is 8. The van der Waals surface area contributed by atoms with E-state index in [1.165, 1.54) is 116 Å². The molecule has 0 atom stereocenters. The number of hydrogen-bond donors (Lipinski definition) is 3. The summed E-state index contributed by atoms with van der Waals surface area (Å²) >= 11 is 0. The fraction of sp³-hybridized carbons (Fsp3) is 0.783. The van der Waals surface area contributed by atoms with E-state index in [1.54, 1.807) is 0 Å². The van der Waals surface area contributed by atoms with Gasteiger partial charge in [0, 0.05) is 19.5 Å². The van der Waals surface area contributed by atoms with E-state index in [0.717, 1.165) is 84.0 Å². The molecular formula is C46H86N4O2. The van der Waals surface area contributed by atoms with Gasteiger partial charge in [-0.05, 0) is 116 Å². The summed E-state index contributed by atoms with van der Waals surface area (Å²) in [4.78, 5) is 27.6. The number of nitrogens with two attached hydrogens (primary N) is 1. The van der Waals surface area contributed by atoms with Gasteiger partial charge in [0.1, 0.15) is 0 Å². The molecule has 0 aromatic heterocycles. The fourth-order valence-electron chi connectivity index (χ4n) is 6.20. The third kappa shape index (κ3) is 39.0. The van der Waals surface area contributed by atoms with Crippen molar-refractivity contribution in [1.29, 1.82) is 0 Å². The number of unbranched alkanes of at least 4 members (excludes halogenated alkanes) is 19. The molecule has 0 aliphatic heterocycles. The summed E-state index contributed by atoms with van der Waals surface area (Å²) < 4.78 is 0. The Bertz CT molecular complexity index is 834. The predicted molar refractivity (Wildman–Crippen MR) is 229 cm³/mol. The zero-order valence-corrected chi connectivity index (χ0v) is 34.5. The Labute approximate surface area is 323 Å². The van der Waals surface area contributed by atoms with Crippen molar-refractivity contribution in [2.45, 2.75) is 194 Å². The van der Waals surface area contributed by atoms with Gasteiger partial charge in [-0.2, -0.15) is 0 Å². The molecule has 0 spiro atoms. The number of amides is 2. The van der Waals surface area contributed by atoms with Gasteiger partial charge >= 0.3 is 0 Å². The number of nitrogens with one attached hydrogen (secondary N) is 2. The van der Waals surface area contributed by atoms with E-state index >= 15 is 0 Å². The van der Waals surface area contributed by atoms with E-state index in [1.807, 2.05) is 4.90 Å². The van der Waals surface area contributed by atoms with Crippen molar-refractivity contribution in [2.24, 2.45) is 5.73 Å². The van der Waals surface area contributed by atoms with Gasteiger partial charge in [-0.15, -0.1) is 0 Å². The number of carbonyl (C=O) groups excluding carboxylic acids is 2. The molecular weight excluding hydrogens is 641 g/mol. The van der Waals surface area contributed by atoms with Crippen LogP contribution in [0, 0.1) is 0 Å². The van der Waals surface area contributed by atoms with Gasteiger partial charge in [-0.25, -0.2) is 0 Å². The lowest BCUT2D eigenvalue weighted by atomic mass is 10.1. The third-order valence-corrected chi connectivity index (χ3v) is 9.61. The SMILES string of the molecule is CCCCC/C=C\C/C=C\CCCCCCCCN(CCCCCCCC/C=C\C/C=C\CCCCC)C(=O)CNC(=O)CCCCNCCCN. The molecule has 0 radical (unpaired) electrons. The predicted octanol–water partition coefficient (Wildman–Crippen LogP) is 11.7. The van der Waals surface area contributed by atoms with Crippen LogP contribution in [0.2, 0.25) is 0 Å². The molecule has 6 nitrogen and oxygen atoms in total. The van der Waals surface area contributed by atoms with Gasteiger partial charge in [-0.1, -0.05) is 140 Å². The van der Waals surface area contributed by atoms with Crippen LogP contribution in [0.4, 0.5) is 0 Å². The van der Waals surface area contributed by atoms with Crippen molar-refractivity contribution >= 4 is 11.8 Å². The van der Waals surface area contributed by atoms with Crippen molar-refractivity contribution in [1.82, 2.24) is 15.5 Å². The fourth-order valence-corrected chi connectivity index (χ4v) is 6.20. The molecule has 4 N–H and O–H groups in total. The Balaban J connectivity index is 4.28. The first-order valence-electron chi connectivity index (χ1n) is 22.2. The summed E-state index contributed by atoms with van der Waals surface area (Å²) in [6.45, 7) is 8.77. The molecule has 0 aliphatic rings. The highest BCUT2D eigenvalue weighted by Crippen LogP contribution is 2.12. The quantitative estimate of drug-likeness (QED) is 0.0433. The van der Waals surface area contributed by atoms with Gasteiger partial charge in [0.15, 0.2) is 0 Å². The molecule has 0 aromatic carbocycles. The van der Waals surface area contributed by atoms with Crippen LogP contribution in [0.25, 0.3) is 0 Å². The van der Waals surface area contributed by atoms with E-state index in [0.29, 0.717) is 13.0 Å². The molecule has 2 amide bonds. The van der Waals surface area contributed by atoms with Crippen LogP contribution in [0.3, 0.4) is 0 Å². The van der Waals surface area contributed by atoms with Crippen molar-refractivity contribution in [3.63, 3.8) is 0 Å². The average Bonchev–Trinajstić information content (AvgIpc) is 3.15. The molecule has 0 unspecified atom stereocenters. The molecule has 0 bridgehead atoms. The van der Waals surface area contributed by atoms with Gasteiger partial charge in [0.25, 0.3) is 0 Å². The standard InChI is InChI=1S/C46H86N4O2/c1-3-5-7-9-11-13-15-17-19-21-23-25-27-29-31-35-42-50(46(52)44-49-45(51)38-33-34-40-48-41-37-39-47)43-36-32-30-28-26-24-22-20-18-16-14-12-10-8-6-4-2/h11-14,17-20,48H,3-10,15-16,21-44,47H2,1-2H3,(H,49,51)/b13-11-,14-12-,19-17-,20-18-. The Morgan fingerprint density at radius 3 is 1.38 bits per heavy atom. The molecule has 0 rings (SSSR count). The van der Waals surface area contributed by atoms with E-state index in [-0.39, 0.29) is 18.4 Å². The Morgan fingerprint density at radius 1 is 0.500 bits per heavy atom. The highest BCUT2D eigenvalue weighted by atomic mass is 16.2. The Kier molecular flexibility index (Phi) is 41.4. The molecule has 0 aliphatic carbocycles. The topological polar surface area (TPSA) is 87.5 Å². The van der Waals surface area contributed by atoms with Crippen LogP contribution in [0.5, 0.6) is 0 Å². The first-order valence-corrected chi connectivity index (χ1v) is 22.2. The van der Waals surface area contributed by atoms with E-state index in [4.69, 9.17) is 5.73 Å². The minimum absolute atomic E-state index is 0.0160. The minimum Gasteiger partial charge on any atom is -0.347 e. The second-order valence-electron chi connectivity index (χ2n) is 14.7. The number of rotatable bonds is 40. The zero-order valence-electron chi connectivity index (χ0n) is 34.5. The number of hydrogen-bond acceptors (Lipinski definition) is 4. The molecule has 0 saturated carbocycles. The zero-order chi connectivity index (χ0) is 37.8. The number of carbonyl (C=O) groups is 2. The maximum Gasteiger partial charge on any atom is 0.241 e. The molecule has 6 heteroatoms. The second-order valence-corrected chi connectivity index (χ2v) is 14.7. The second kappa shape index (κ2) is 43.2.